The molecule has 19 heavy (non-hydrogen) atoms. The van der Waals surface area contributed by atoms with Gasteiger partial charge >= 0.3 is 0 Å². The molecule has 1 fully saturated rings. The summed E-state index contributed by atoms with van der Waals surface area (Å²) in [5.41, 5.74) is -0.152. The van der Waals surface area contributed by atoms with Gasteiger partial charge in [0.25, 0.3) is 0 Å². The lowest BCUT2D eigenvalue weighted by Gasteiger charge is -2.35. The van der Waals surface area contributed by atoms with E-state index in [1.165, 1.54) is 0 Å². The van der Waals surface area contributed by atoms with E-state index in [-0.39, 0.29) is 12.2 Å². The van der Waals surface area contributed by atoms with Crippen LogP contribution in [-0.2, 0) is 4.74 Å². The van der Waals surface area contributed by atoms with Crippen LogP contribution in [-0.4, -0.2) is 84.2 Å². The Balaban J connectivity index is 2.18. The molecule has 0 aromatic heterocycles. The number of hydrogen-bond acceptors (Lipinski definition) is 5. The Labute approximate surface area is 117 Å². The fourth-order valence-corrected chi connectivity index (χ4v) is 2.11. The lowest BCUT2D eigenvalue weighted by molar-refractivity contribution is -0.0693. The van der Waals surface area contributed by atoms with E-state index in [2.05, 4.69) is 16.7 Å². The maximum atomic E-state index is 10.0. The predicted octanol–water partition coefficient (Wildman–Crippen LogP) is 0.162. The molecule has 0 aliphatic carbocycles. The van der Waals surface area contributed by atoms with E-state index in [0.717, 1.165) is 39.1 Å². The Kier molecular flexibility index (Phi) is 7.25. The summed E-state index contributed by atoms with van der Waals surface area (Å²) in [5.74, 6) is 0. The van der Waals surface area contributed by atoms with Crippen LogP contribution in [0.2, 0.25) is 0 Å². The van der Waals surface area contributed by atoms with E-state index >= 15 is 0 Å². The maximum Gasteiger partial charge on any atom is 0.0900 e. The number of rotatable bonds is 8. The van der Waals surface area contributed by atoms with E-state index in [1.807, 2.05) is 13.8 Å². The lowest BCUT2D eigenvalue weighted by atomic mass is 10.1. The molecule has 5 nitrogen and oxygen atoms in total. The standard InChI is InChI=1S/C14H30N2O3/c1-4-14(2,3)19-12-13(18)11-16-7-5-15(6-8-16)9-10-17/h13,17-18H,4-12H2,1-3H3/t13-/m1/s1. The van der Waals surface area contributed by atoms with Crippen molar-refractivity contribution >= 4 is 0 Å². The van der Waals surface area contributed by atoms with Gasteiger partial charge in [-0.05, 0) is 20.3 Å². The summed E-state index contributed by atoms with van der Waals surface area (Å²) in [6, 6.07) is 0. The second kappa shape index (κ2) is 8.17. The number of hydrogen-bond donors (Lipinski definition) is 2. The Morgan fingerprint density at radius 3 is 2.26 bits per heavy atom. The van der Waals surface area contributed by atoms with Crippen molar-refractivity contribution in [2.24, 2.45) is 0 Å². The summed E-state index contributed by atoms with van der Waals surface area (Å²) < 4.78 is 5.72. The first-order valence-corrected chi connectivity index (χ1v) is 7.34. The zero-order valence-corrected chi connectivity index (χ0v) is 12.6. The number of nitrogens with zero attached hydrogens (tertiary/aromatic N) is 2. The number of aliphatic hydroxyl groups is 2. The Morgan fingerprint density at radius 2 is 1.74 bits per heavy atom. The normalized spacial score (nSPS) is 20.7. The molecule has 0 spiro atoms. The topological polar surface area (TPSA) is 56.2 Å². The Bertz CT molecular complexity index is 241. The van der Waals surface area contributed by atoms with Crippen LogP contribution < -0.4 is 0 Å². The van der Waals surface area contributed by atoms with Crippen LogP contribution in [0.25, 0.3) is 0 Å². The average Bonchev–Trinajstić information content (AvgIpc) is 2.39. The van der Waals surface area contributed by atoms with Crippen molar-refractivity contribution in [3.05, 3.63) is 0 Å². The van der Waals surface area contributed by atoms with Crippen LogP contribution in [0.3, 0.4) is 0 Å². The van der Waals surface area contributed by atoms with Crippen molar-refractivity contribution in [2.45, 2.75) is 38.9 Å². The van der Waals surface area contributed by atoms with Gasteiger partial charge in [-0.25, -0.2) is 0 Å². The number of ether oxygens (including phenoxy) is 1. The van der Waals surface area contributed by atoms with Gasteiger partial charge in [0.1, 0.15) is 0 Å². The molecule has 0 aromatic rings. The molecular formula is C14H30N2O3. The van der Waals surface area contributed by atoms with Gasteiger partial charge in [0.05, 0.1) is 24.9 Å². The molecule has 1 atom stereocenters. The molecule has 0 bridgehead atoms. The highest BCUT2D eigenvalue weighted by Gasteiger charge is 2.21. The van der Waals surface area contributed by atoms with Gasteiger partial charge in [0.15, 0.2) is 0 Å². The first-order chi connectivity index (χ1) is 8.96. The van der Waals surface area contributed by atoms with Crippen LogP contribution >= 0.6 is 0 Å². The second-order valence-electron chi connectivity index (χ2n) is 5.94. The Morgan fingerprint density at radius 1 is 1.16 bits per heavy atom. The summed E-state index contributed by atoms with van der Waals surface area (Å²) in [6.07, 6.45) is 0.523. The van der Waals surface area contributed by atoms with Gasteiger partial charge in [-0.2, -0.15) is 0 Å². The minimum Gasteiger partial charge on any atom is -0.395 e. The molecular weight excluding hydrogens is 244 g/mol. The third-order valence-corrected chi connectivity index (χ3v) is 3.87. The molecule has 5 heteroatoms. The highest BCUT2D eigenvalue weighted by Crippen LogP contribution is 2.14. The molecule has 1 heterocycles. The average molecular weight is 274 g/mol. The molecule has 1 rings (SSSR count). The summed E-state index contributed by atoms with van der Waals surface area (Å²) in [5, 5.41) is 18.9. The zero-order chi connectivity index (χ0) is 14.3. The van der Waals surface area contributed by atoms with Crippen LogP contribution in [0.1, 0.15) is 27.2 Å². The smallest absolute Gasteiger partial charge is 0.0900 e. The fraction of sp³-hybridized carbons (Fsp3) is 1.00. The van der Waals surface area contributed by atoms with Crippen LogP contribution in [0.4, 0.5) is 0 Å². The highest BCUT2D eigenvalue weighted by atomic mass is 16.5. The molecule has 0 unspecified atom stereocenters. The minimum atomic E-state index is -0.421. The molecule has 1 aliphatic heterocycles. The largest absolute Gasteiger partial charge is 0.395 e. The second-order valence-corrected chi connectivity index (χ2v) is 5.94. The van der Waals surface area contributed by atoms with E-state index in [0.29, 0.717) is 13.2 Å². The minimum absolute atomic E-state index is 0.152. The quantitative estimate of drug-likeness (QED) is 0.660. The van der Waals surface area contributed by atoms with Gasteiger partial charge in [-0.15, -0.1) is 0 Å². The molecule has 114 valence electrons. The SMILES string of the molecule is CCC(C)(C)OC[C@H](O)CN1CCN(CCO)CC1. The number of piperazine rings is 1. The molecule has 1 saturated heterocycles. The third-order valence-electron chi connectivity index (χ3n) is 3.87. The summed E-state index contributed by atoms with van der Waals surface area (Å²) >= 11 is 0. The first-order valence-electron chi connectivity index (χ1n) is 7.34. The predicted molar refractivity (Wildman–Crippen MR) is 76.3 cm³/mol. The van der Waals surface area contributed by atoms with Gasteiger partial charge in [-0.3, -0.25) is 9.80 Å². The molecule has 0 amide bonds. The van der Waals surface area contributed by atoms with Gasteiger partial charge in [0.2, 0.25) is 0 Å². The van der Waals surface area contributed by atoms with Crippen molar-refractivity contribution in [1.29, 1.82) is 0 Å². The highest BCUT2D eigenvalue weighted by molar-refractivity contribution is 4.75. The van der Waals surface area contributed by atoms with Gasteiger partial charge in [-0.1, -0.05) is 6.92 Å². The fourth-order valence-electron chi connectivity index (χ4n) is 2.11. The molecule has 0 aromatic carbocycles. The summed E-state index contributed by atoms with van der Waals surface area (Å²) in [4.78, 5) is 4.51. The van der Waals surface area contributed by atoms with Crippen LogP contribution in [0, 0.1) is 0 Å². The van der Waals surface area contributed by atoms with E-state index in [9.17, 15) is 5.11 Å². The Hall–Kier alpha value is -0.200. The van der Waals surface area contributed by atoms with E-state index in [1.54, 1.807) is 0 Å². The zero-order valence-electron chi connectivity index (χ0n) is 12.6. The van der Waals surface area contributed by atoms with Crippen LogP contribution in [0.5, 0.6) is 0 Å². The van der Waals surface area contributed by atoms with E-state index < -0.39 is 6.10 Å². The van der Waals surface area contributed by atoms with Crippen LogP contribution in [0.15, 0.2) is 0 Å². The van der Waals surface area contributed by atoms with Crippen molar-refractivity contribution in [2.75, 3.05) is 52.5 Å². The maximum absolute atomic E-state index is 10.0. The van der Waals surface area contributed by atoms with Crippen molar-refractivity contribution in [3.8, 4) is 0 Å². The molecule has 1 aliphatic rings. The van der Waals surface area contributed by atoms with Crippen molar-refractivity contribution in [1.82, 2.24) is 9.80 Å². The molecule has 2 N–H and O–H groups in total. The molecule has 0 saturated carbocycles. The van der Waals surface area contributed by atoms with Crippen molar-refractivity contribution in [3.63, 3.8) is 0 Å². The van der Waals surface area contributed by atoms with Crippen molar-refractivity contribution < 1.29 is 14.9 Å². The first kappa shape index (κ1) is 16.9. The van der Waals surface area contributed by atoms with Gasteiger partial charge < -0.3 is 14.9 Å². The van der Waals surface area contributed by atoms with Gasteiger partial charge in [0, 0.05) is 39.3 Å². The number of aliphatic hydroxyl groups excluding tert-OH is 2. The monoisotopic (exact) mass is 274 g/mol. The number of β-amino-alcohol motifs (C(OH)–C–C–N with tert-alkyl or cyclic N) is 2. The third kappa shape index (κ3) is 6.68. The summed E-state index contributed by atoms with van der Waals surface area (Å²) in [6.45, 7) is 12.1. The summed E-state index contributed by atoms with van der Waals surface area (Å²) in [7, 11) is 0. The lowest BCUT2D eigenvalue weighted by Crippen LogP contribution is -2.49. The van der Waals surface area contributed by atoms with E-state index in [4.69, 9.17) is 9.84 Å². The molecule has 0 radical (unpaired) electrons.